The van der Waals surface area contributed by atoms with Crippen molar-refractivity contribution in [1.82, 2.24) is 10.2 Å². The van der Waals surface area contributed by atoms with Crippen molar-refractivity contribution in [3.05, 3.63) is 100 Å². The van der Waals surface area contributed by atoms with Crippen LogP contribution in [0, 0.1) is 5.82 Å². The minimum Gasteiger partial charge on any atom is -0.352 e. The van der Waals surface area contributed by atoms with Crippen LogP contribution in [-0.4, -0.2) is 50.0 Å². The number of anilines is 1. The standard InChI is InChI=1S/C30H33BrFN3O4S/c1-40(38,39)35(26-17-15-24(31)16-18-26)21-29(36)34(20-23-11-5-8-14-27(23)32)28(19-22-9-3-2-4-10-22)30(37)33-25-12-6-7-13-25/h2-5,8-11,14-18,25,28H,6-7,12-13,19-21H2,1H3,(H,33,37)/t28-/m0/s1. The predicted molar refractivity (Wildman–Crippen MR) is 158 cm³/mol. The fraction of sp³-hybridized carbons (Fsp3) is 0.333. The smallest absolute Gasteiger partial charge is 0.244 e. The molecule has 0 unspecified atom stereocenters. The average molecular weight is 631 g/mol. The van der Waals surface area contributed by atoms with Crippen LogP contribution >= 0.6 is 15.9 Å². The van der Waals surface area contributed by atoms with Gasteiger partial charge in [0.25, 0.3) is 0 Å². The molecule has 212 valence electrons. The Morgan fingerprint density at radius 2 is 1.60 bits per heavy atom. The molecule has 40 heavy (non-hydrogen) atoms. The number of sulfonamides is 1. The van der Waals surface area contributed by atoms with Gasteiger partial charge in [-0.3, -0.25) is 13.9 Å². The second kappa shape index (κ2) is 13.4. The largest absolute Gasteiger partial charge is 0.352 e. The summed E-state index contributed by atoms with van der Waals surface area (Å²) in [5.41, 5.74) is 1.37. The molecule has 3 aromatic rings. The maximum Gasteiger partial charge on any atom is 0.244 e. The number of hydrogen-bond acceptors (Lipinski definition) is 4. The number of carbonyl (C=O) groups is 2. The van der Waals surface area contributed by atoms with E-state index in [1.54, 1.807) is 42.5 Å². The van der Waals surface area contributed by atoms with E-state index in [4.69, 9.17) is 0 Å². The highest BCUT2D eigenvalue weighted by Crippen LogP contribution is 2.24. The molecule has 1 saturated carbocycles. The van der Waals surface area contributed by atoms with Crippen LogP contribution in [0.15, 0.2) is 83.3 Å². The van der Waals surface area contributed by atoms with E-state index in [0.717, 1.165) is 46.3 Å². The lowest BCUT2D eigenvalue weighted by Crippen LogP contribution is -2.54. The zero-order valence-corrected chi connectivity index (χ0v) is 24.7. The van der Waals surface area contributed by atoms with Gasteiger partial charge in [-0.1, -0.05) is 77.3 Å². The van der Waals surface area contributed by atoms with Gasteiger partial charge in [-0.05, 0) is 48.7 Å². The van der Waals surface area contributed by atoms with Crippen molar-refractivity contribution in [3.8, 4) is 0 Å². The fourth-order valence-electron chi connectivity index (χ4n) is 4.95. The first-order valence-corrected chi connectivity index (χ1v) is 15.9. The molecule has 3 aromatic carbocycles. The van der Waals surface area contributed by atoms with Gasteiger partial charge in [0, 0.05) is 29.0 Å². The number of nitrogens with one attached hydrogen (secondary N) is 1. The van der Waals surface area contributed by atoms with E-state index in [1.807, 2.05) is 30.3 Å². The molecule has 4 rings (SSSR count). The van der Waals surface area contributed by atoms with Crippen LogP contribution in [-0.2, 0) is 32.6 Å². The molecule has 0 bridgehead atoms. The summed E-state index contributed by atoms with van der Waals surface area (Å²) in [6, 6.07) is 20.9. The molecule has 1 N–H and O–H groups in total. The number of benzene rings is 3. The number of rotatable bonds is 11. The molecular formula is C30H33BrFN3O4S. The number of halogens is 2. The van der Waals surface area contributed by atoms with Gasteiger partial charge in [0.05, 0.1) is 11.9 Å². The first-order chi connectivity index (χ1) is 19.1. The van der Waals surface area contributed by atoms with Crippen molar-refractivity contribution in [1.29, 1.82) is 0 Å². The predicted octanol–water partition coefficient (Wildman–Crippen LogP) is 5.05. The summed E-state index contributed by atoms with van der Waals surface area (Å²) >= 11 is 3.34. The molecule has 0 spiro atoms. The van der Waals surface area contributed by atoms with Crippen molar-refractivity contribution in [2.75, 3.05) is 17.1 Å². The third kappa shape index (κ3) is 7.91. The lowest BCUT2D eigenvalue weighted by atomic mass is 10.0. The number of amides is 2. The molecule has 2 amide bonds. The molecule has 1 aliphatic rings. The van der Waals surface area contributed by atoms with Crippen LogP contribution in [0.5, 0.6) is 0 Å². The highest BCUT2D eigenvalue weighted by molar-refractivity contribution is 9.10. The first kappa shape index (κ1) is 29.7. The second-order valence-corrected chi connectivity index (χ2v) is 12.9. The Hall–Kier alpha value is -3.24. The summed E-state index contributed by atoms with van der Waals surface area (Å²) in [7, 11) is -3.87. The van der Waals surface area contributed by atoms with E-state index < -0.39 is 34.3 Å². The lowest BCUT2D eigenvalue weighted by Gasteiger charge is -2.34. The van der Waals surface area contributed by atoms with Crippen molar-refractivity contribution in [2.24, 2.45) is 0 Å². The van der Waals surface area contributed by atoms with Crippen molar-refractivity contribution >= 4 is 43.5 Å². The van der Waals surface area contributed by atoms with Crippen molar-refractivity contribution in [2.45, 2.75) is 50.7 Å². The van der Waals surface area contributed by atoms with E-state index >= 15 is 0 Å². The number of hydrogen-bond donors (Lipinski definition) is 1. The molecule has 1 atom stereocenters. The average Bonchev–Trinajstić information content (AvgIpc) is 3.44. The van der Waals surface area contributed by atoms with Gasteiger partial charge in [0.2, 0.25) is 21.8 Å². The highest BCUT2D eigenvalue weighted by atomic mass is 79.9. The second-order valence-electron chi connectivity index (χ2n) is 10.1. The minimum absolute atomic E-state index is 0.00599. The zero-order chi connectivity index (χ0) is 28.7. The topological polar surface area (TPSA) is 86.8 Å². The number of carbonyl (C=O) groups excluding carboxylic acids is 2. The van der Waals surface area contributed by atoms with Crippen LogP contribution in [0.1, 0.15) is 36.8 Å². The lowest BCUT2D eigenvalue weighted by molar-refractivity contribution is -0.140. The van der Waals surface area contributed by atoms with Gasteiger partial charge in [-0.25, -0.2) is 12.8 Å². The molecular weight excluding hydrogens is 597 g/mol. The van der Waals surface area contributed by atoms with Crippen LogP contribution in [0.2, 0.25) is 0 Å². The molecule has 0 radical (unpaired) electrons. The fourth-order valence-corrected chi connectivity index (χ4v) is 6.07. The summed E-state index contributed by atoms with van der Waals surface area (Å²) in [6.45, 7) is -0.740. The van der Waals surface area contributed by atoms with Crippen LogP contribution in [0.25, 0.3) is 0 Å². The zero-order valence-electron chi connectivity index (χ0n) is 22.3. The number of nitrogens with zero attached hydrogens (tertiary/aromatic N) is 2. The van der Waals surface area contributed by atoms with Gasteiger partial charge in [-0.2, -0.15) is 0 Å². The molecule has 1 aliphatic carbocycles. The SMILES string of the molecule is CS(=O)(=O)N(CC(=O)N(Cc1ccccc1F)[C@@H](Cc1ccccc1)C(=O)NC1CCCC1)c1ccc(Br)cc1. The Labute approximate surface area is 243 Å². The quantitative estimate of drug-likeness (QED) is 0.321. The van der Waals surface area contributed by atoms with Gasteiger partial charge >= 0.3 is 0 Å². The normalized spacial score (nSPS) is 14.5. The van der Waals surface area contributed by atoms with Crippen molar-refractivity contribution in [3.63, 3.8) is 0 Å². The molecule has 0 saturated heterocycles. The van der Waals surface area contributed by atoms with Crippen LogP contribution < -0.4 is 9.62 Å². The third-order valence-electron chi connectivity index (χ3n) is 7.06. The summed E-state index contributed by atoms with van der Waals surface area (Å²) < 4.78 is 42.2. The minimum atomic E-state index is -3.87. The Morgan fingerprint density at radius 1 is 0.975 bits per heavy atom. The van der Waals surface area contributed by atoms with Crippen LogP contribution in [0.3, 0.4) is 0 Å². The summed E-state index contributed by atoms with van der Waals surface area (Å²) in [5.74, 6) is -1.46. The molecule has 1 fully saturated rings. The molecule has 0 aromatic heterocycles. The maximum absolute atomic E-state index is 14.8. The molecule has 7 nitrogen and oxygen atoms in total. The maximum atomic E-state index is 14.8. The monoisotopic (exact) mass is 629 g/mol. The van der Waals surface area contributed by atoms with Gasteiger partial charge < -0.3 is 10.2 Å². The Kier molecular flexibility index (Phi) is 9.97. The van der Waals surface area contributed by atoms with E-state index in [-0.39, 0.29) is 30.5 Å². The van der Waals surface area contributed by atoms with E-state index in [9.17, 15) is 22.4 Å². The highest BCUT2D eigenvalue weighted by Gasteiger charge is 2.34. The van der Waals surface area contributed by atoms with E-state index in [1.165, 1.54) is 11.0 Å². The van der Waals surface area contributed by atoms with Gasteiger partial charge in [-0.15, -0.1) is 0 Å². The Morgan fingerprint density at radius 3 is 2.23 bits per heavy atom. The first-order valence-electron chi connectivity index (χ1n) is 13.2. The van der Waals surface area contributed by atoms with Gasteiger partial charge in [0.15, 0.2) is 0 Å². The van der Waals surface area contributed by atoms with Crippen LogP contribution in [0.4, 0.5) is 10.1 Å². The van der Waals surface area contributed by atoms with Gasteiger partial charge in [0.1, 0.15) is 18.4 Å². The summed E-state index contributed by atoms with van der Waals surface area (Å²) in [4.78, 5) is 29.1. The van der Waals surface area contributed by atoms with Crippen molar-refractivity contribution < 1.29 is 22.4 Å². The Balaban J connectivity index is 1.72. The summed E-state index contributed by atoms with van der Waals surface area (Å²) in [6.07, 6.45) is 4.97. The van der Waals surface area contributed by atoms with E-state index in [2.05, 4.69) is 21.2 Å². The van der Waals surface area contributed by atoms with E-state index in [0.29, 0.717) is 5.69 Å². The summed E-state index contributed by atoms with van der Waals surface area (Å²) in [5, 5.41) is 3.09. The Bertz CT molecular complexity index is 1410. The molecule has 0 aliphatic heterocycles. The molecule has 0 heterocycles. The third-order valence-corrected chi connectivity index (χ3v) is 8.73. The molecule has 10 heteroatoms.